The number of aromatic amines is 1. The van der Waals surface area contributed by atoms with E-state index in [4.69, 9.17) is 58.3 Å². The number of Topliss-reactive ketones (excluding diaryl/α,β-unsaturated/α-hetero) is 4. The van der Waals surface area contributed by atoms with Crippen LogP contribution in [0.3, 0.4) is 0 Å². The van der Waals surface area contributed by atoms with Gasteiger partial charge >= 0.3 is 5.97 Å². The van der Waals surface area contributed by atoms with Crippen molar-refractivity contribution < 1.29 is 62.7 Å². The van der Waals surface area contributed by atoms with E-state index in [2.05, 4.69) is 61.1 Å². The molecule has 0 bridgehead atoms. The van der Waals surface area contributed by atoms with Gasteiger partial charge in [-0.3, -0.25) is 19.2 Å². The van der Waals surface area contributed by atoms with Crippen molar-refractivity contribution in [3.8, 4) is 0 Å². The highest BCUT2D eigenvalue weighted by atomic mass is 79.9. The maximum absolute atomic E-state index is 13.3. The van der Waals surface area contributed by atoms with Crippen molar-refractivity contribution in [3.63, 3.8) is 0 Å². The molecule has 2 fully saturated rings. The number of carboxylic acid groups (broad SMARTS) is 1. The third-order valence-corrected chi connectivity index (χ3v) is 18.8. The second-order valence-corrected chi connectivity index (χ2v) is 26.9. The molecular weight excluding hydrogens is 1450 g/mol. The Morgan fingerprint density at radius 1 is 0.515 bits per heavy atom. The van der Waals surface area contributed by atoms with E-state index in [0.29, 0.717) is 60.2 Å². The third-order valence-electron chi connectivity index (χ3n) is 16.6. The van der Waals surface area contributed by atoms with Crippen molar-refractivity contribution in [3.05, 3.63) is 271 Å². The standard InChI is InChI=1S/C21H19FN2O2.C13H14BrNO2.2C13H13NO2.C8H6FN.C8H8N2.C4H7BrO3/c1-14-10-15(4-6-18(14)23-3)11-20(25)21(2,26)13-24-9-8-16-12-17(22)5-7-19(16)24;1-9-6-10(4-5-11(9)15-3)7-12(16)13(2,17)8-14;2*1-9-6-10(4-5-11(9)14-3)7-12(15)13(2)8-16-13;9-7-1-2-8-6(5-7)3-4-10-8;1-6-5-7(9)3-4-8(6)10-2;1-4(8,2-5)3(6)7/h4-10,12,26H,11,13H2,1-2H3;4-6,17H,7-8H2,1-2H3;2*4-6H,7-8H2,1-2H3;1-5,10H;3-5H,9H2,1H3;8H,2H2,1H3,(H,6,7)/t21-;3*13-;;;4-/m1111..1/s1. The Morgan fingerprint density at radius 2 is 0.874 bits per heavy atom. The van der Waals surface area contributed by atoms with Crippen molar-refractivity contribution in [2.45, 2.75) is 129 Å². The fourth-order valence-corrected chi connectivity index (χ4v) is 10.1. The van der Waals surface area contributed by atoms with Crippen molar-refractivity contribution in [2.75, 3.05) is 29.6 Å². The Bertz CT molecular complexity index is 4710. The lowest BCUT2D eigenvalue weighted by molar-refractivity contribution is -0.154. The fraction of sp³-hybridized carbons (Fsp3) is 0.300. The molecule has 0 radical (unpaired) electrons. The predicted octanol–water partition coefficient (Wildman–Crippen LogP) is 16.6. The molecule has 103 heavy (non-hydrogen) atoms. The minimum atomic E-state index is -1.62. The highest BCUT2D eigenvalue weighted by Gasteiger charge is 2.47. The number of hydrogen-bond donors (Lipinski definition) is 6. The van der Waals surface area contributed by atoms with E-state index >= 15 is 0 Å². The van der Waals surface area contributed by atoms with Crippen LogP contribution in [0.15, 0.2) is 152 Å². The van der Waals surface area contributed by atoms with Gasteiger partial charge in [0, 0.05) is 76.2 Å². The molecule has 0 saturated carbocycles. The highest BCUT2D eigenvalue weighted by molar-refractivity contribution is 9.09. The summed E-state index contributed by atoms with van der Waals surface area (Å²) < 4.78 is 37.8. The highest BCUT2D eigenvalue weighted by Crippen LogP contribution is 2.32. The van der Waals surface area contributed by atoms with Crippen LogP contribution in [-0.2, 0) is 65.7 Å². The molecule has 9 aromatic rings. The number of benzene rings is 7. The van der Waals surface area contributed by atoms with E-state index in [0.717, 1.165) is 71.9 Å². The molecule has 5 atom stereocenters. The normalized spacial score (nSPS) is 15.9. The maximum Gasteiger partial charge on any atom is 0.336 e. The minimum Gasteiger partial charge on any atom is -0.479 e. The van der Waals surface area contributed by atoms with Crippen LogP contribution in [0, 0.1) is 79.1 Å². The van der Waals surface area contributed by atoms with Crippen molar-refractivity contribution >= 4 is 117 Å². The maximum atomic E-state index is 13.3. The number of ether oxygens (including phenoxy) is 2. The number of aryl methyl sites for hydroxylation is 5. The fourth-order valence-electron chi connectivity index (χ4n) is 9.54. The molecule has 0 aliphatic carbocycles. The summed E-state index contributed by atoms with van der Waals surface area (Å²) in [6, 6.07) is 39.5. The smallest absolute Gasteiger partial charge is 0.336 e. The second kappa shape index (κ2) is 37.0. The largest absolute Gasteiger partial charge is 0.479 e. The van der Waals surface area contributed by atoms with Crippen molar-refractivity contribution in [1.82, 2.24) is 9.55 Å². The van der Waals surface area contributed by atoms with Gasteiger partial charge in [-0.25, -0.2) is 37.8 Å². The van der Waals surface area contributed by atoms with Crippen LogP contribution in [0.25, 0.3) is 46.0 Å². The van der Waals surface area contributed by atoms with E-state index < -0.39 is 34.0 Å². The predicted molar refractivity (Wildman–Crippen MR) is 402 cm³/mol. The number of aliphatic hydroxyl groups is 3. The van der Waals surface area contributed by atoms with Crippen LogP contribution in [0.4, 0.5) is 42.9 Å². The minimum absolute atomic E-state index is 0.0509. The van der Waals surface area contributed by atoms with Crippen LogP contribution in [-0.4, -0.2) is 111 Å². The Hall–Kier alpha value is -10.4. The van der Waals surface area contributed by atoms with E-state index in [1.807, 2.05) is 84.9 Å². The lowest BCUT2D eigenvalue weighted by Crippen LogP contribution is -2.40. The molecule has 4 heterocycles. The molecule has 2 aliphatic rings. The van der Waals surface area contributed by atoms with Crippen molar-refractivity contribution in [2.24, 2.45) is 0 Å². The van der Waals surface area contributed by atoms with Crippen molar-refractivity contribution in [1.29, 1.82) is 0 Å². The van der Waals surface area contributed by atoms with Crippen LogP contribution >= 0.6 is 31.9 Å². The quantitative estimate of drug-likeness (QED) is 0.0215. The molecule has 2 aromatic heterocycles. The van der Waals surface area contributed by atoms with Gasteiger partial charge in [0.2, 0.25) is 0 Å². The van der Waals surface area contributed by atoms with E-state index in [1.54, 1.807) is 95.8 Å². The van der Waals surface area contributed by atoms with Gasteiger partial charge in [-0.05, 0) is 180 Å². The Morgan fingerprint density at radius 3 is 1.22 bits per heavy atom. The summed E-state index contributed by atoms with van der Waals surface area (Å²) in [7, 11) is 0. The summed E-state index contributed by atoms with van der Waals surface area (Å²) in [5.41, 5.74) is 13.3. The van der Waals surface area contributed by atoms with Gasteiger partial charge in [-0.1, -0.05) is 111 Å². The number of rotatable bonds is 17. The summed E-state index contributed by atoms with van der Waals surface area (Å²) in [5, 5.41) is 39.3. The molecule has 0 spiro atoms. The number of nitrogens with one attached hydrogen (secondary N) is 1. The average Bonchev–Trinajstić information content (AvgIpc) is 1.68. The Kier molecular flexibility index (Phi) is 29.9. The zero-order valence-corrected chi connectivity index (χ0v) is 61.9. The van der Waals surface area contributed by atoms with Crippen LogP contribution in [0.1, 0.15) is 84.7 Å². The molecule has 7 aromatic carbocycles. The number of aliphatic carboxylic acids is 1. The number of nitrogen functional groups attached to an aromatic ring is 1. The Balaban J connectivity index is 0.000000223. The third kappa shape index (κ3) is 24.7. The number of carboxylic acids is 1. The number of anilines is 1. The lowest BCUT2D eigenvalue weighted by Gasteiger charge is -2.23. The van der Waals surface area contributed by atoms with Crippen LogP contribution in [0.2, 0.25) is 0 Å². The second-order valence-electron chi connectivity index (χ2n) is 25.8. The summed E-state index contributed by atoms with van der Waals surface area (Å²) in [6.45, 7) is 52.9. The molecule has 0 unspecified atom stereocenters. The first-order valence-electron chi connectivity index (χ1n) is 31.9. The molecule has 2 saturated heterocycles. The summed E-state index contributed by atoms with van der Waals surface area (Å²) in [5.74, 6) is -2.04. The number of H-pyrrole nitrogens is 1. The van der Waals surface area contributed by atoms with Gasteiger partial charge in [0.25, 0.3) is 0 Å². The summed E-state index contributed by atoms with van der Waals surface area (Å²) in [6.07, 6.45) is 4.56. The van der Waals surface area contributed by atoms with Gasteiger partial charge in [0.1, 0.15) is 34.0 Å². The van der Waals surface area contributed by atoms with Gasteiger partial charge in [-0.15, -0.1) is 0 Å². The first-order chi connectivity index (χ1) is 48.4. The van der Waals surface area contributed by atoms with Gasteiger partial charge < -0.3 is 45.2 Å². The number of hydrogen-bond acceptors (Lipinski definition) is 11. The number of carbonyl (C=O) groups is 5. The molecule has 534 valence electrons. The van der Waals surface area contributed by atoms with E-state index in [-0.39, 0.29) is 64.8 Å². The Labute approximate surface area is 615 Å². The number of fused-ring (bicyclic) bond motifs is 2. The molecule has 2 aliphatic heterocycles. The van der Waals surface area contributed by atoms with Crippen LogP contribution in [0.5, 0.6) is 0 Å². The number of nitrogens with two attached hydrogens (primary N) is 1. The first kappa shape index (κ1) is 83.3. The van der Waals surface area contributed by atoms with E-state index in [1.165, 1.54) is 45.0 Å². The van der Waals surface area contributed by atoms with Gasteiger partial charge in [0.05, 0.1) is 52.6 Å². The number of nitrogens with zero attached hydrogens (tertiary/aromatic N) is 6. The van der Waals surface area contributed by atoms with Gasteiger partial charge in [0.15, 0.2) is 57.2 Å². The first-order valence-corrected chi connectivity index (χ1v) is 34.2. The van der Waals surface area contributed by atoms with Gasteiger partial charge in [-0.2, -0.15) is 0 Å². The molecule has 19 nitrogen and oxygen atoms in total. The number of aromatic nitrogens is 2. The molecule has 11 rings (SSSR count). The lowest BCUT2D eigenvalue weighted by atomic mass is 9.94. The topological polar surface area (TPSA) is 260 Å². The number of alkyl halides is 2. The number of ketones is 4. The average molecular weight is 1530 g/mol. The number of halogens is 4. The SMILES string of the molecule is C[C@@](O)(CBr)C(=O)O.Fc1ccc2[nH]ccc2c1.[C-]#[N+]c1ccc(CC(=O)[C@@]2(C)CO2)cc1C.[C-]#[N+]c1ccc(CC(=O)[C@@]2(C)CO2)cc1C.[C-]#[N+]c1ccc(CC(=O)[C@](C)(O)CBr)cc1C.[C-]#[N+]c1ccc(CC(=O)[C@](C)(O)Cn2ccc3cc(F)ccc32)cc1C.[C-]#[N+]c1ccc(N)cc1C. The molecule has 7 N–H and O–H groups in total. The molecule has 23 heteroatoms. The number of carbonyl (C=O) groups excluding carboxylic acids is 4. The zero-order chi connectivity index (χ0) is 76.8. The van der Waals surface area contributed by atoms with E-state index in [9.17, 15) is 43.0 Å². The summed E-state index contributed by atoms with van der Waals surface area (Å²) in [4.78, 5) is 77.8. The summed E-state index contributed by atoms with van der Waals surface area (Å²) >= 11 is 5.95. The monoisotopic (exact) mass is 1520 g/mol. The van der Waals surface area contributed by atoms with Crippen LogP contribution < -0.4 is 5.73 Å². The molecular formula is C80H80Br2F2N8O11. The molecule has 0 amide bonds. The zero-order valence-electron chi connectivity index (χ0n) is 58.7. The number of epoxide rings is 2.